The van der Waals surface area contributed by atoms with Crippen LogP contribution in [0.1, 0.15) is 43.9 Å². The third-order valence-corrected chi connectivity index (χ3v) is 3.21. The van der Waals surface area contributed by atoms with E-state index in [1.807, 2.05) is 0 Å². The van der Waals surface area contributed by atoms with Crippen molar-refractivity contribution in [2.45, 2.75) is 38.6 Å². The normalized spacial score (nSPS) is 25.9. The molecule has 1 aromatic heterocycles. The van der Waals surface area contributed by atoms with Gasteiger partial charge in [-0.05, 0) is 25.3 Å². The summed E-state index contributed by atoms with van der Waals surface area (Å²) in [4.78, 5) is 4.29. The van der Waals surface area contributed by atoms with Gasteiger partial charge >= 0.3 is 0 Å². The smallest absolute Gasteiger partial charge is 0.243 e. The van der Waals surface area contributed by atoms with Crippen molar-refractivity contribution in [3.63, 3.8) is 0 Å². The second kappa shape index (κ2) is 5.41. The fourth-order valence-electron chi connectivity index (χ4n) is 2.17. The first-order valence-electron chi connectivity index (χ1n) is 6.00. The van der Waals surface area contributed by atoms with Crippen molar-refractivity contribution in [2.75, 3.05) is 13.2 Å². The molecule has 1 aliphatic rings. The fourth-order valence-corrected chi connectivity index (χ4v) is 2.17. The molecule has 2 rings (SSSR count). The van der Waals surface area contributed by atoms with Crippen LogP contribution in [0.5, 0.6) is 0 Å². The first kappa shape index (κ1) is 11.5. The van der Waals surface area contributed by atoms with Crippen LogP contribution in [0.25, 0.3) is 0 Å². The van der Waals surface area contributed by atoms with E-state index < -0.39 is 0 Å². The number of nitrogens with one attached hydrogen (secondary N) is 1. The summed E-state index contributed by atoms with van der Waals surface area (Å²) < 4.78 is 5.21. The monoisotopic (exact) mass is 225 g/mol. The van der Waals surface area contributed by atoms with Crippen LogP contribution < -0.4 is 5.32 Å². The number of rotatable bonds is 4. The average Bonchev–Trinajstić information content (AvgIpc) is 2.78. The molecule has 1 aliphatic heterocycles. The van der Waals surface area contributed by atoms with Crippen LogP contribution in [-0.4, -0.2) is 28.4 Å². The molecule has 2 N–H and O–H groups in total. The molecule has 0 bridgehead atoms. The second-order valence-corrected chi connectivity index (χ2v) is 4.33. The molecule has 0 aromatic carbocycles. The lowest BCUT2D eigenvalue weighted by atomic mass is 9.90. The number of piperidine rings is 1. The zero-order valence-electron chi connectivity index (χ0n) is 9.65. The lowest BCUT2D eigenvalue weighted by molar-refractivity contribution is 0.245. The average molecular weight is 225 g/mol. The van der Waals surface area contributed by atoms with Gasteiger partial charge in [0.2, 0.25) is 5.89 Å². The Morgan fingerprint density at radius 3 is 3.19 bits per heavy atom. The molecule has 2 atom stereocenters. The zero-order valence-corrected chi connectivity index (χ0v) is 9.65. The lowest BCUT2D eigenvalue weighted by Crippen LogP contribution is -2.31. The quantitative estimate of drug-likeness (QED) is 0.801. The van der Waals surface area contributed by atoms with E-state index in [4.69, 9.17) is 9.63 Å². The minimum Gasteiger partial charge on any atom is -0.396 e. The van der Waals surface area contributed by atoms with E-state index in [0.29, 0.717) is 18.1 Å². The number of aliphatic hydroxyl groups is 1. The van der Waals surface area contributed by atoms with Gasteiger partial charge < -0.3 is 14.9 Å². The number of nitrogens with zero attached hydrogens (tertiary/aromatic N) is 2. The van der Waals surface area contributed by atoms with Gasteiger partial charge in [-0.3, -0.25) is 0 Å². The van der Waals surface area contributed by atoms with E-state index in [9.17, 15) is 0 Å². The van der Waals surface area contributed by atoms with E-state index in [1.54, 1.807) is 0 Å². The predicted octanol–water partition coefficient (Wildman–Crippen LogP) is 1.06. The molecule has 1 aromatic rings. The van der Waals surface area contributed by atoms with Crippen molar-refractivity contribution < 1.29 is 9.63 Å². The molecule has 0 saturated carbocycles. The van der Waals surface area contributed by atoms with Crippen LogP contribution in [0, 0.1) is 5.92 Å². The largest absolute Gasteiger partial charge is 0.396 e. The number of aromatic nitrogens is 2. The summed E-state index contributed by atoms with van der Waals surface area (Å²) in [5.41, 5.74) is 0. The summed E-state index contributed by atoms with van der Waals surface area (Å²) in [6.45, 7) is 3.30. The molecule has 2 unspecified atom stereocenters. The third kappa shape index (κ3) is 2.59. The van der Waals surface area contributed by atoms with Gasteiger partial charge in [0.05, 0.1) is 12.6 Å². The highest BCUT2D eigenvalue weighted by Crippen LogP contribution is 2.27. The second-order valence-electron chi connectivity index (χ2n) is 4.33. The Labute approximate surface area is 95.2 Å². The molecule has 0 radical (unpaired) electrons. The SMILES string of the molecule is CCC1CCNC(c2nc(CCO)no2)C1. The summed E-state index contributed by atoms with van der Waals surface area (Å²) in [6, 6.07) is 0.193. The van der Waals surface area contributed by atoms with Crippen molar-refractivity contribution in [3.05, 3.63) is 11.7 Å². The number of hydrogen-bond donors (Lipinski definition) is 2. The molecule has 90 valence electrons. The van der Waals surface area contributed by atoms with Gasteiger partial charge in [0.1, 0.15) is 0 Å². The fraction of sp³-hybridized carbons (Fsp3) is 0.818. The molecular formula is C11H19N3O2. The van der Waals surface area contributed by atoms with E-state index in [-0.39, 0.29) is 12.6 Å². The van der Waals surface area contributed by atoms with Crippen molar-refractivity contribution in [1.29, 1.82) is 0 Å². The summed E-state index contributed by atoms with van der Waals surface area (Å²) in [6.07, 6.45) is 3.96. The highest BCUT2D eigenvalue weighted by Gasteiger charge is 2.25. The number of aliphatic hydroxyl groups excluding tert-OH is 1. The van der Waals surface area contributed by atoms with Crippen LogP contribution in [-0.2, 0) is 6.42 Å². The van der Waals surface area contributed by atoms with E-state index in [1.165, 1.54) is 12.8 Å². The van der Waals surface area contributed by atoms with Crippen LogP contribution >= 0.6 is 0 Å². The van der Waals surface area contributed by atoms with Crippen LogP contribution in [0.2, 0.25) is 0 Å². The van der Waals surface area contributed by atoms with Crippen LogP contribution in [0.3, 0.4) is 0 Å². The standard InChI is InChI=1S/C11H19N3O2/c1-2-8-3-5-12-9(7-8)11-13-10(4-6-15)14-16-11/h8-9,12,15H,2-7H2,1H3. The number of hydrogen-bond acceptors (Lipinski definition) is 5. The predicted molar refractivity (Wildman–Crippen MR) is 58.8 cm³/mol. The highest BCUT2D eigenvalue weighted by molar-refractivity contribution is 4.95. The van der Waals surface area contributed by atoms with Crippen molar-refractivity contribution >= 4 is 0 Å². The summed E-state index contributed by atoms with van der Waals surface area (Å²) in [7, 11) is 0. The minimum absolute atomic E-state index is 0.0641. The maximum absolute atomic E-state index is 8.78. The first-order valence-corrected chi connectivity index (χ1v) is 6.00. The highest BCUT2D eigenvalue weighted by atomic mass is 16.5. The van der Waals surface area contributed by atoms with E-state index in [2.05, 4.69) is 22.4 Å². The molecule has 1 fully saturated rings. The Hall–Kier alpha value is -0.940. The topological polar surface area (TPSA) is 71.2 Å². The van der Waals surface area contributed by atoms with Gasteiger partial charge in [-0.1, -0.05) is 18.5 Å². The molecular weight excluding hydrogens is 206 g/mol. The molecule has 5 nitrogen and oxygen atoms in total. The molecule has 5 heteroatoms. The molecule has 0 spiro atoms. The van der Waals surface area contributed by atoms with E-state index >= 15 is 0 Å². The van der Waals surface area contributed by atoms with Gasteiger partial charge in [-0.15, -0.1) is 0 Å². The molecule has 16 heavy (non-hydrogen) atoms. The van der Waals surface area contributed by atoms with Gasteiger partial charge in [-0.2, -0.15) is 4.98 Å². The molecule has 0 aliphatic carbocycles. The van der Waals surface area contributed by atoms with Crippen molar-refractivity contribution in [2.24, 2.45) is 5.92 Å². The molecule has 2 heterocycles. The Bertz CT molecular complexity index is 327. The Morgan fingerprint density at radius 1 is 1.56 bits per heavy atom. The maximum atomic E-state index is 8.78. The summed E-state index contributed by atoms with van der Waals surface area (Å²) in [5, 5.41) is 16.0. The van der Waals surface area contributed by atoms with Gasteiger partial charge in [0.25, 0.3) is 0 Å². The lowest BCUT2D eigenvalue weighted by Gasteiger charge is -2.27. The van der Waals surface area contributed by atoms with Gasteiger partial charge in [-0.25, -0.2) is 0 Å². The van der Waals surface area contributed by atoms with E-state index in [0.717, 1.165) is 18.9 Å². The Morgan fingerprint density at radius 2 is 2.44 bits per heavy atom. The first-order chi connectivity index (χ1) is 7.83. The van der Waals surface area contributed by atoms with Crippen molar-refractivity contribution in [3.8, 4) is 0 Å². The van der Waals surface area contributed by atoms with Crippen LogP contribution in [0.4, 0.5) is 0 Å². The van der Waals surface area contributed by atoms with Crippen LogP contribution in [0.15, 0.2) is 4.52 Å². The third-order valence-electron chi connectivity index (χ3n) is 3.21. The molecule has 0 amide bonds. The maximum Gasteiger partial charge on any atom is 0.243 e. The Balaban J connectivity index is 1.99. The summed E-state index contributed by atoms with van der Waals surface area (Å²) in [5.74, 6) is 2.01. The van der Waals surface area contributed by atoms with Gasteiger partial charge in [0.15, 0.2) is 5.82 Å². The summed E-state index contributed by atoms with van der Waals surface area (Å²) >= 11 is 0. The zero-order chi connectivity index (χ0) is 11.4. The minimum atomic E-state index is 0.0641. The van der Waals surface area contributed by atoms with Gasteiger partial charge in [0, 0.05) is 6.42 Å². The molecule has 1 saturated heterocycles. The van der Waals surface area contributed by atoms with Crippen molar-refractivity contribution in [1.82, 2.24) is 15.5 Å². The Kier molecular flexibility index (Phi) is 3.90.